The van der Waals surface area contributed by atoms with Gasteiger partial charge in [-0.3, -0.25) is 14.7 Å². The van der Waals surface area contributed by atoms with Crippen LogP contribution in [0.15, 0.2) is 36.5 Å². The van der Waals surface area contributed by atoms with Gasteiger partial charge in [-0.25, -0.2) is 9.18 Å². The second kappa shape index (κ2) is 9.47. The summed E-state index contributed by atoms with van der Waals surface area (Å²) in [5, 5.41) is 2.65. The van der Waals surface area contributed by atoms with E-state index < -0.39 is 5.82 Å². The van der Waals surface area contributed by atoms with Gasteiger partial charge in [-0.05, 0) is 24.6 Å². The number of methoxy groups -OCH3 is 1. The van der Waals surface area contributed by atoms with Crippen LogP contribution >= 0.6 is 0 Å². The van der Waals surface area contributed by atoms with Crippen LogP contribution in [0.5, 0.6) is 0 Å². The summed E-state index contributed by atoms with van der Waals surface area (Å²) < 4.78 is 19.6. The number of nitrogens with zero attached hydrogens (tertiary/aromatic N) is 3. The quantitative estimate of drug-likeness (QED) is 0.835. The lowest BCUT2D eigenvalue weighted by Gasteiger charge is -2.33. The maximum absolute atomic E-state index is 14.9. The molecule has 2 aromatic rings. The van der Waals surface area contributed by atoms with Crippen LogP contribution < -0.4 is 5.32 Å². The van der Waals surface area contributed by atoms with Crippen molar-refractivity contribution in [1.29, 1.82) is 0 Å². The van der Waals surface area contributed by atoms with E-state index in [1.54, 1.807) is 29.3 Å². The van der Waals surface area contributed by atoms with Gasteiger partial charge in [-0.2, -0.15) is 0 Å². The number of anilines is 1. The number of aryl methyl sites for hydroxylation is 1. The summed E-state index contributed by atoms with van der Waals surface area (Å²) in [6, 6.07) is 8.67. The molecule has 1 saturated heterocycles. The number of aromatic nitrogens is 1. The zero-order chi connectivity index (χ0) is 20.8. The average molecular weight is 400 g/mol. The van der Waals surface area contributed by atoms with Crippen LogP contribution in [0.4, 0.5) is 14.9 Å². The zero-order valence-corrected chi connectivity index (χ0v) is 16.7. The van der Waals surface area contributed by atoms with E-state index in [4.69, 9.17) is 4.74 Å². The maximum Gasteiger partial charge on any atom is 0.409 e. The van der Waals surface area contributed by atoms with E-state index in [1.807, 2.05) is 19.1 Å². The summed E-state index contributed by atoms with van der Waals surface area (Å²) >= 11 is 0. The number of pyridine rings is 1. The van der Waals surface area contributed by atoms with Gasteiger partial charge in [0, 0.05) is 50.2 Å². The van der Waals surface area contributed by atoms with Gasteiger partial charge in [0.2, 0.25) is 5.91 Å². The molecule has 1 aliphatic heterocycles. The number of halogens is 1. The molecular formula is C21H25FN4O3. The molecule has 7 nitrogen and oxygen atoms in total. The minimum atomic E-state index is -0.432. The van der Waals surface area contributed by atoms with Crippen LogP contribution in [0.25, 0.3) is 0 Å². The molecule has 154 valence electrons. The minimum absolute atomic E-state index is 0.131. The van der Waals surface area contributed by atoms with Crippen LogP contribution in [0.2, 0.25) is 0 Å². The van der Waals surface area contributed by atoms with Gasteiger partial charge in [-0.1, -0.05) is 18.2 Å². The third kappa shape index (κ3) is 5.51. The fourth-order valence-corrected chi connectivity index (χ4v) is 3.24. The lowest BCUT2D eigenvalue weighted by atomic mass is 10.1. The first-order valence-electron chi connectivity index (χ1n) is 9.50. The Labute approximate surface area is 169 Å². The van der Waals surface area contributed by atoms with Gasteiger partial charge >= 0.3 is 6.09 Å². The molecule has 0 bridgehead atoms. The number of benzene rings is 1. The number of rotatable bonds is 5. The maximum atomic E-state index is 14.9. The Bertz CT molecular complexity index is 865. The molecule has 1 fully saturated rings. The fraction of sp³-hybridized carbons (Fsp3) is 0.381. The molecule has 29 heavy (non-hydrogen) atoms. The molecule has 0 radical (unpaired) electrons. The Hall–Kier alpha value is -3.00. The van der Waals surface area contributed by atoms with Crippen molar-refractivity contribution in [2.24, 2.45) is 0 Å². The van der Waals surface area contributed by atoms with Gasteiger partial charge in [0.15, 0.2) is 5.82 Å². The normalized spacial score (nSPS) is 14.5. The van der Waals surface area contributed by atoms with E-state index in [0.717, 1.165) is 11.3 Å². The predicted octanol–water partition coefficient (Wildman–Crippen LogP) is 2.59. The largest absolute Gasteiger partial charge is 0.453 e. The number of nitrogens with one attached hydrogen (secondary N) is 1. The Morgan fingerprint density at radius 2 is 1.93 bits per heavy atom. The Morgan fingerprint density at radius 1 is 1.17 bits per heavy atom. The Morgan fingerprint density at radius 3 is 2.59 bits per heavy atom. The molecule has 2 amide bonds. The molecule has 2 heterocycles. The van der Waals surface area contributed by atoms with Gasteiger partial charge in [0.05, 0.1) is 19.2 Å². The van der Waals surface area contributed by atoms with Gasteiger partial charge in [0.1, 0.15) is 0 Å². The third-order valence-electron chi connectivity index (χ3n) is 4.89. The molecule has 0 atom stereocenters. The number of hydrogen-bond acceptors (Lipinski definition) is 5. The Balaban J connectivity index is 1.58. The molecule has 8 heteroatoms. The van der Waals surface area contributed by atoms with Crippen molar-refractivity contribution in [3.05, 3.63) is 59.2 Å². The predicted molar refractivity (Wildman–Crippen MR) is 107 cm³/mol. The molecule has 0 saturated carbocycles. The Kier molecular flexibility index (Phi) is 6.77. The number of hydrogen-bond donors (Lipinski definition) is 1. The zero-order valence-electron chi connectivity index (χ0n) is 16.7. The minimum Gasteiger partial charge on any atom is -0.453 e. The first kappa shape index (κ1) is 20.7. The van der Waals surface area contributed by atoms with Crippen LogP contribution in [-0.2, 0) is 22.5 Å². The summed E-state index contributed by atoms with van der Waals surface area (Å²) in [5.41, 5.74) is 2.32. The van der Waals surface area contributed by atoms with Crippen LogP contribution in [0, 0.1) is 12.7 Å². The number of carbonyl (C=O) groups is 2. The van der Waals surface area contributed by atoms with Crippen molar-refractivity contribution in [3.63, 3.8) is 0 Å². The van der Waals surface area contributed by atoms with Gasteiger partial charge in [0.25, 0.3) is 0 Å². The number of ether oxygens (including phenoxy) is 1. The standard InChI is InChI=1S/C21H25FN4O3/c1-15-6-7-16(13-23-15)12-19(27)24-18-5-3-4-17(20(18)22)14-25-8-10-26(11-9-25)21(28)29-2/h3-7,13H,8-12,14H2,1-2H3,(H,24,27). The van der Waals surface area contributed by atoms with Gasteiger partial charge in [-0.15, -0.1) is 0 Å². The van der Waals surface area contributed by atoms with E-state index in [-0.39, 0.29) is 24.1 Å². The molecule has 1 aromatic carbocycles. The van der Waals surface area contributed by atoms with Crippen molar-refractivity contribution in [3.8, 4) is 0 Å². The van der Waals surface area contributed by atoms with Crippen molar-refractivity contribution < 1.29 is 18.7 Å². The van der Waals surface area contributed by atoms with E-state index in [2.05, 4.69) is 15.2 Å². The molecule has 3 rings (SSSR count). The number of amides is 2. The van der Waals surface area contributed by atoms with Crippen LogP contribution in [0.1, 0.15) is 16.8 Å². The van der Waals surface area contributed by atoms with Crippen LogP contribution in [-0.4, -0.2) is 60.1 Å². The summed E-state index contributed by atoms with van der Waals surface area (Å²) in [6.45, 7) is 4.62. The highest BCUT2D eigenvalue weighted by molar-refractivity contribution is 5.92. The van der Waals surface area contributed by atoms with E-state index in [9.17, 15) is 14.0 Å². The highest BCUT2D eigenvalue weighted by atomic mass is 19.1. The highest BCUT2D eigenvalue weighted by Gasteiger charge is 2.22. The molecule has 0 aliphatic carbocycles. The van der Waals surface area contributed by atoms with Crippen LogP contribution in [0.3, 0.4) is 0 Å². The number of piperazine rings is 1. The molecule has 1 N–H and O–H groups in total. The monoisotopic (exact) mass is 400 g/mol. The first-order valence-corrected chi connectivity index (χ1v) is 9.50. The van der Waals surface area contributed by atoms with Crippen molar-refractivity contribution in [1.82, 2.24) is 14.8 Å². The smallest absolute Gasteiger partial charge is 0.409 e. The number of carbonyl (C=O) groups excluding carboxylic acids is 2. The topological polar surface area (TPSA) is 74.8 Å². The average Bonchev–Trinajstić information content (AvgIpc) is 2.72. The third-order valence-corrected chi connectivity index (χ3v) is 4.89. The highest BCUT2D eigenvalue weighted by Crippen LogP contribution is 2.20. The molecule has 1 aromatic heterocycles. The summed E-state index contributed by atoms with van der Waals surface area (Å²) in [5.74, 6) is -0.725. The van der Waals surface area contributed by atoms with Crippen molar-refractivity contribution in [2.45, 2.75) is 19.9 Å². The molecule has 1 aliphatic rings. The fourth-order valence-electron chi connectivity index (χ4n) is 3.24. The second-order valence-corrected chi connectivity index (χ2v) is 7.04. The second-order valence-electron chi connectivity index (χ2n) is 7.04. The summed E-state index contributed by atoms with van der Waals surface area (Å²) in [7, 11) is 1.36. The summed E-state index contributed by atoms with van der Waals surface area (Å²) in [4.78, 5) is 31.7. The molecular weight excluding hydrogens is 375 g/mol. The SMILES string of the molecule is COC(=O)N1CCN(Cc2cccc(NC(=O)Cc3ccc(C)nc3)c2F)CC1. The van der Waals surface area contributed by atoms with Gasteiger partial charge < -0.3 is 15.0 Å². The lowest BCUT2D eigenvalue weighted by Crippen LogP contribution is -2.48. The van der Waals surface area contributed by atoms with Crippen molar-refractivity contribution in [2.75, 3.05) is 38.6 Å². The molecule has 0 unspecified atom stereocenters. The lowest BCUT2D eigenvalue weighted by molar-refractivity contribution is -0.115. The van der Waals surface area contributed by atoms with E-state index >= 15 is 0 Å². The molecule has 0 spiro atoms. The van der Waals surface area contributed by atoms with Crippen molar-refractivity contribution >= 4 is 17.7 Å². The summed E-state index contributed by atoms with van der Waals surface area (Å²) in [6.07, 6.45) is 1.44. The van der Waals surface area contributed by atoms with E-state index in [0.29, 0.717) is 38.3 Å². The first-order chi connectivity index (χ1) is 14.0. The van der Waals surface area contributed by atoms with E-state index in [1.165, 1.54) is 7.11 Å².